The number of ether oxygens (including phenoxy) is 3. The Bertz CT molecular complexity index is 1530. The molecule has 2 heterocycles. The minimum absolute atomic E-state index is 0.0668. The molecule has 214 valence electrons. The smallest absolute Gasteiger partial charge is 0.416 e. The fourth-order valence-electron chi connectivity index (χ4n) is 4.07. The molecule has 5 rings (SSSR count). The van der Waals surface area contributed by atoms with Gasteiger partial charge < -0.3 is 24.8 Å². The van der Waals surface area contributed by atoms with Crippen molar-refractivity contribution in [2.24, 2.45) is 0 Å². The Morgan fingerprint density at radius 1 is 0.976 bits per heavy atom. The van der Waals surface area contributed by atoms with Crippen LogP contribution >= 0.6 is 0 Å². The molecule has 0 atom stereocenters. The molecule has 4 aromatic rings. The lowest BCUT2D eigenvalue weighted by molar-refractivity contribution is -0.137. The molecule has 0 saturated carbocycles. The second-order valence-electron chi connectivity index (χ2n) is 9.07. The van der Waals surface area contributed by atoms with Crippen LogP contribution in [0.4, 0.5) is 33.7 Å². The van der Waals surface area contributed by atoms with Crippen LogP contribution in [-0.2, 0) is 10.9 Å². The van der Waals surface area contributed by atoms with Gasteiger partial charge in [-0.3, -0.25) is 4.90 Å². The molecule has 0 radical (unpaired) electrons. The highest BCUT2D eigenvalue weighted by Gasteiger charge is 2.30. The molecule has 1 aromatic heterocycles. The van der Waals surface area contributed by atoms with Gasteiger partial charge in [0, 0.05) is 43.1 Å². The van der Waals surface area contributed by atoms with Gasteiger partial charge in [0.2, 0.25) is 5.88 Å². The van der Waals surface area contributed by atoms with E-state index < -0.39 is 23.6 Å². The molecule has 2 amide bonds. The molecular formula is C28H25F4N5O4. The molecule has 9 nitrogen and oxygen atoms in total. The maximum atomic E-state index is 14.8. The van der Waals surface area contributed by atoms with Gasteiger partial charge in [0.25, 0.3) is 0 Å². The summed E-state index contributed by atoms with van der Waals surface area (Å²) in [7, 11) is 0. The molecule has 1 aliphatic rings. The number of hydrogen-bond donors (Lipinski definition) is 2. The lowest BCUT2D eigenvalue weighted by atomic mass is 10.2. The summed E-state index contributed by atoms with van der Waals surface area (Å²) in [6.07, 6.45) is -3.01. The number of urea groups is 1. The Morgan fingerprint density at radius 2 is 1.76 bits per heavy atom. The third-order valence-electron chi connectivity index (χ3n) is 6.12. The number of nitrogens with zero attached hydrogens (tertiary/aromatic N) is 3. The number of amides is 2. The normalized spacial score (nSPS) is 14.0. The van der Waals surface area contributed by atoms with Crippen molar-refractivity contribution in [1.82, 2.24) is 14.9 Å². The number of carbonyl (C=O) groups excluding carboxylic acids is 1. The van der Waals surface area contributed by atoms with Crippen LogP contribution in [0.3, 0.4) is 0 Å². The highest BCUT2D eigenvalue weighted by atomic mass is 19.4. The van der Waals surface area contributed by atoms with Crippen molar-refractivity contribution < 1.29 is 36.6 Å². The number of hydrogen-bond acceptors (Lipinski definition) is 7. The van der Waals surface area contributed by atoms with Crippen molar-refractivity contribution in [1.29, 1.82) is 0 Å². The van der Waals surface area contributed by atoms with Crippen molar-refractivity contribution in [2.45, 2.75) is 6.18 Å². The molecular weight excluding hydrogens is 546 g/mol. The summed E-state index contributed by atoms with van der Waals surface area (Å²) in [5.41, 5.74) is 0.196. The lowest BCUT2D eigenvalue weighted by Gasteiger charge is -2.26. The molecule has 13 heteroatoms. The predicted molar refractivity (Wildman–Crippen MR) is 143 cm³/mol. The third-order valence-corrected chi connectivity index (χ3v) is 6.12. The lowest BCUT2D eigenvalue weighted by Crippen LogP contribution is -2.38. The van der Waals surface area contributed by atoms with E-state index in [0.29, 0.717) is 42.5 Å². The number of alkyl halides is 3. The van der Waals surface area contributed by atoms with E-state index in [1.165, 1.54) is 30.5 Å². The van der Waals surface area contributed by atoms with Crippen molar-refractivity contribution in [3.8, 4) is 17.4 Å². The number of rotatable bonds is 8. The van der Waals surface area contributed by atoms with Crippen molar-refractivity contribution >= 4 is 28.4 Å². The average Bonchev–Trinajstić information content (AvgIpc) is 2.94. The largest absolute Gasteiger partial charge is 0.475 e. The number of carbonyl (C=O) groups is 1. The molecule has 0 bridgehead atoms. The van der Waals surface area contributed by atoms with E-state index in [9.17, 15) is 22.4 Å². The van der Waals surface area contributed by atoms with Gasteiger partial charge in [0.05, 0.1) is 36.0 Å². The van der Waals surface area contributed by atoms with Gasteiger partial charge in [-0.05, 0) is 42.5 Å². The number of aromatic nitrogens is 2. The zero-order valence-electron chi connectivity index (χ0n) is 21.6. The second-order valence-corrected chi connectivity index (χ2v) is 9.07. The van der Waals surface area contributed by atoms with E-state index >= 15 is 0 Å². The summed E-state index contributed by atoms with van der Waals surface area (Å²) in [5, 5.41) is 4.67. The fraction of sp³-hybridized carbons (Fsp3) is 0.250. The van der Waals surface area contributed by atoms with Gasteiger partial charge in [-0.1, -0.05) is 6.07 Å². The van der Waals surface area contributed by atoms with E-state index in [1.807, 2.05) is 0 Å². The van der Waals surface area contributed by atoms with Crippen molar-refractivity contribution in [3.63, 3.8) is 0 Å². The highest BCUT2D eigenvalue weighted by Crippen LogP contribution is 2.31. The Morgan fingerprint density at radius 3 is 2.51 bits per heavy atom. The van der Waals surface area contributed by atoms with Crippen LogP contribution in [0.2, 0.25) is 0 Å². The van der Waals surface area contributed by atoms with Gasteiger partial charge in [-0.2, -0.15) is 13.2 Å². The molecule has 41 heavy (non-hydrogen) atoms. The first-order chi connectivity index (χ1) is 19.7. The summed E-state index contributed by atoms with van der Waals surface area (Å²) in [6, 6.07) is 12.0. The van der Waals surface area contributed by atoms with Gasteiger partial charge in [0.1, 0.15) is 12.4 Å². The first kappa shape index (κ1) is 28.1. The van der Waals surface area contributed by atoms with Crippen LogP contribution in [-0.4, -0.2) is 60.4 Å². The quantitative estimate of drug-likeness (QED) is 0.253. The molecule has 0 unspecified atom stereocenters. The van der Waals surface area contributed by atoms with Gasteiger partial charge in [-0.15, -0.1) is 0 Å². The summed E-state index contributed by atoms with van der Waals surface area (Å²) in [6.45, 7) is 4.30. The SMILES string of the molecule is O=C(Nc1cccc(C(F)(F)F)c1)Nc1ccc(Oc2ccc3ncc(OCCN4CCOCC4)nc3c2)c(F)c1. The van der Waals surface area contributed by atoms with E-state index in [0.717, 1.165) is 37.8 Å². The Balaban J connectivity index is 1.19. The monoisotopic (exact) mass is 571 g/mol. The van der Waals surface area contributed by atoms with Crippen molar-refractivity contribution in [2.75, 3.05) is 50.1 Å². The molecule has 1 saturated heterocycles. The van der Waals surface area contributed by atoms with E-state index in [1.54, 1.807) is 18.2 Å². The number of benzene rings is 3. The van der Waals surface area contributed by atoms with Gasteiger partial charge in [-0.25, -0.2) is 19.2 Å². The minimum Gasteiger partial charge on any atom is -0.475 e. The molecule has 1 fully saturated rings. The summed E-state index contributed by atoms with van der Waals surface area (Å²) in [5.74, 6) is -0.223. The number of morpholine rings is 1. The second kappa shape index (κ2) is 12.4. The molecule has 0 aliphatic carbocycles. The maximum absolute atomic E-state index is 14.8. The average molecular weight is 572 g/mol. The van der Waals surface area contributed by atoms with E-state index in [4.69, 9.17) is 14.2 Å². The van der Waals surface area contributed by atoms with Gasteiger partial charge >= 0.3 is 12.2 Å². The Hall–Kier alpha value is -4.49. The third kappa shape index (κ3) is 7.58. The zero-order chi connectivity index (χ0) is 28.8. The summed E-state index contributed by atoms with van der Waals surface area (Å²) in [4.78, 5) is 23.3. The maximum Gasteiger partial charge on any atom is 0.416 e. The van der Waals surface area contributed by atoms with E-state index in [-0.39, 0.29) is 17.1 Å². The highest BCUT2D eigenvalue weighted by molar-refractivity contribution is 5.99. The standard InChI is InChI=1S/C28H25F4N5O4/c29-22-15-20(35-27(38)34-19-3-1-2-18(14-19)28(30,31)32)4-7-25(22)41-21-5-6-23-24(16-21)36-26(17-33-23)40-13-10-37-8-11-39-12-9-37/h1-7,14-17H,8-13H2,(H2,34,35,38). The van der Waals surface area contributed by atoms with Crippen LogP contribution < -0.4 is 20.1 Å². The zero-order valence-corrected chi connectivity index (χ0v) is 21.6. The van der Waals surface area contributed by atoms with Crippen LogP contribution in [0, 0.1) is 5.82 Å². The number of halogens is 4. The van der Waals surface area contributed by atoms with Crippen LogP contribution in [0.15, 0.2) is 66.9 Å². The van der Waals surface area contributed by atoms with Crippen molar-refractivity contribution in [3.05, 3.63) is 78.2 Å². The van der Waals surface area contributed by atoms with Gasteiger partial charge in [0.15, 0.2) is 11.6 Å². The predicted octanol–water partition coefficient (Wildman–Crippen LogP) is 5.94. The summed E-state index contributed by atoms with van der Waals surface area (Å²) >= 11 is 0. The summed E-state index contributed by atoms with van der Waals surface area (Å²) < 4.78 is 70.2. The Labute approximate surface area is 232 Å². The first-order valence-electron chi connectivity index (χ1n) is 12.7. The molecule has 1 aliphatic heterocycles. The van der Waals surface area contributed by atoms with Crippen LogP contribution in [0.25, 0.3) is 11.0 Å². The topological polar surface area (TPSA) is 97.8 Å². The molecule has 2 N–H and O–H groups in total. The molecule has 0 spiro atoms. The first-order valence-corrected chi connectivity index (χ1v) is 12.7. The van der Waals surface area contributed by atoms with Crippen LogP contribution in [0.5, 0.6) is 17.4 Å². The van der Waals surface area contributed by atoms with E-state index in [2.05, 4.69) is 25.5 Å². The fourth-order valence-corrected chi connectivity index (χ4v) is 4.07. The minimum atomic E-state index is -4.55. The molecule has 3 aromatic carbocycles. The number of fused-ring (bicyclic) bond motifs is 1. The number of nitrogens with one attached hydrogen (secondary N) is 2. The Kier molecular flexibility index (Phi) is 8.45. The van der Waals surface area contributed by atoms with Crippen LogP contribution in [0.1, 0.15) is 5.56 Å². The number of anilines is 2.